The smallest absolute Gasteiger partial charge is 0.167 e. The van der Waals surface area contributed by atoms with Crippen molar-refractivity contribution in [2.45, 2.75) is 83.7 Å². The summed E-state index contributed by atoms with van der Waals surface area (Å²) in [6.45, 7) is 10.9. The molecule has 0 radical (unpaired) electrons. The van der Waals surface area contributed by atoms with Crippen LogP contribution in [0.25, 0.3) is 6.08 Å². The molecule has 1 heterocycles. The Labute approximate surface area is 164 Å². The Morgan fingerprint density at radius 2 is 1.93 bits per heavy atom. The lowest BCUT2D eigenvalue weighted by Crippen LogP contribution is -2.46. The van der Waals surface area contributed by atoms with Crippen molar-refractivity contribution in [3.63, 3.8) is 0 Å². The van der Waals surface area contributed by atoms with Crippen LogP contribution in [0.2, 0.25) is 0 Å². The molecule has 0 spiro atoms. The molecule has 2 aliphatic carbocycles. The lowest BCUT2D eigenvalue weighted by Gasteiger charge is -2.45. The summed E-state index contributed by atoms with van der Waals surface area (Å²) in [7, 11) is 1.74. The van der Waals surface area contributed by atoms with Crippen LogP contribution < -0.4 is 4.74 Å². The molecule has 3 aliphatic rings. The van der Waals surface area contributed by atoms with E-state index in [1.807, 2.05) is 0 Å². The molecule has 4 rings (SSSR count). The molecular weight excluding hydrogens is 336 g/mol. The van der Waals surface area contributed by atoms with Crippen LogP contribution in [0.3, 0.4) is 0 Å². The molecule has 3 nitrogen and oxygen atoms in total. The van der Waals surface area contributed by atoms with Crippen molar-refractivity contribution in [2.24, 2.45) is 11.8 Å². The van der Waals surface area contributed by atoms with Gasteiger partial charge in [-0.2, -0.15) is 0 Å². The standard InChI is InChI=1S/C24H34O3/c1-7-17-12-13-24(27-23(5)15-14-22(3,4)26-23)19(17)9-8-18-16(2)21(25-6)11-10-20(18)24/h8-11,17,19H,7,12-15H2,1-6H3/t17-,19?,23-,24+/m0/s1. The van der Waals surface area contributed by atoms with Gasteiger partial charge in [-0.3, -0.25) is 0 Å². The summed E-state index contributed by atoms with van der Waals surface area (Å²) in [5, 5.41) is 0. The highest BCUT2D eigenvalue weighted by molar-refractivity contribution is 5.66. The first-order chi connectivity index (χ1) is 12.7. The van der Waals surface area contributed by atoms with Gasteiger partial charge in [-0.1, -0.05) is 31.6 Å². The molecule has 1 aromatic rings. The first kappa shape index (κ1) is 19.0. The zero-order chi connectivity index (χ0) is 19.4. The van der Waals surface area contributed by atoms with E-state index in [9.17, 15) is 0 Å². The van der Waals surface area contributed by atoms with E-state index in [2.05, 4.69) is 58.9 Å². The molecule has 1 aromatic carbocycles. The summed E-state index contributed by atoms with van der Waals surface area (Å²) in [6, 6.07) is 4.34. The maximum Gasteiger partial charge on any atom is 0.167 e. The van der Waals surface area contributed by atoms with Crippen LogP contribution in [0.4, 0.5) is 0 Å². The van der Waals surface area contributed by atoms with Crippen molar-refractivity contribution >= 4 is 6.08 Å². The zero-order valence-electron chi connectivity index (χ0n) is 17.7. The quantitative estimate of drug-likeness (QED) is 0.652. The van der Waals surface area contributed by atoms with Gasteiger partial charge in [0.2, 0.25) is 0 Å². The molecule has 148 valence electrons. The fourth-order valence-electron chi connectivity index (χ4n) is 5.77. The van der Waals surface area contributed by atoms with Gasteiger partial charge in [0.25, 0.3) is 0 Å². The van der Waals surface area contributed by atoms with Crippen LogP contribution in [-0.2, 0) is 15.1 Å². The van der Waals surface area contributed by atoms with Gasteiger partial charge in [-0.05, 0) is 75.6 Å². The highest BCUT2D eigenvalue weighted by atomic mass is 16.7. The topological polar surface area (TPSA) is 27.7 Å². The van der Waals surface area contributed by atoms with Gasteiger partial charge < -0.3 is 14.2 Å². The first-order valence-electron chi connectivity index (χ1n) is 10.5. The SMILES string of the molecule is CC[C@H]1CC[C@]2(O[C@@]3(C)CCC(C)(C)O3)c3ccc(OC)c(C)c3C=CC12. The molecule has 2 fully saturated rings. The minimum atomic E-state index is -0.527. The number of benzene rings is 1. The summed E-state index contributed by atoms with van der Waals surface area (Å²) in [6.07, 6.45) is 10.1. The van der Waals surface area contributed by atoms with Crippen molar-refractivity contribution in [3.8, 4) is 5.75 Å². The maximum atomic E-state index is 7.06. The minimum absolute atomic E-state index is 0.118. The predicted molar refractivity (Wildman–Crippen MR) is 109 cm³/mol. The molecule has 27 heavy (non-hydrogen) atoms. The Morgan fingerprint density at radius 3 is 2.56 bits per heavy atom. The Hall–Kier alpha value is -1.32. The van der Waals surface area contributed by atoms with E-state index in [4.69, 9.17) is 14.2 Å². The van der Waals surface area contributed by atoms with Crippen molar-refractivity contribution in [3.05, 3.63) is 34.9 Å². The number of hydrogen-bond donors (Lipinski definition) is 0. The van der Waals surface area contributed by atoms with Crippen LogP contribution in [0.1, 0.15) is 76.5 Å². The average molecular weight is 371 g/mol. The van der Waals surface area contributed by atoms with Gasteiger partial charge in [0.05, 0.1) is 12.7 Å². The lowest BCUT2D eigenvalue weighted by molar-refractivity contribution is -0.294. The second-order valence-electron chi connectivity index (χ2n) is 9.43. The molecule has 0 aromatic heterocycles. The van der Waals surface area contributed by atoms with E-state index in [-0.39, 0.29) is 11.2 Å². The summed E-state index contributed by atoms with van der Waals surface area (Å²) >= 11 is 0. The van der Waals surface area contributed by atoms with Gasteiger partial charge in [0, 0.05) is 12.3 Å². The zero-order valence-corrected chi connectivity index (χ0v) is 17.7. The summed E-state index contributed by atoms with van der Waals surface area (Å²) in [5.41, 5.74) is 3.37. The molecule has 0 bridgehead atoms. The number of fused-ring (bicyclic) bond motifs is 3. The molecular formula is C24H34O3. The Morgan fingerprint density at radius 1 is 1.15 bits per heavy atom. The Balaban J connectivity index is 1.81. The maximum absolute atomic E-state index is 7.06. The first-order valence-corrected chi connectivity index (χ1v) is 10.5. The molecule has 3 heteroatoms. The number of methoxy groups -OCH3 is 1. The number of rotatable bonds is 4. The molecule has 0 N–H and O–H groups in total. The highest BCUT2D eigenvalue weighted by Crippen LogP contribution is 2.58. The van der Waals surface area contributed by atoms with Crippen LogP contribution in [0.15, 0.2) is 18.2 Å². The molecule has 1 unspecified atom stereocenters. The normalized spacial score (nSPS) is 36.5. The molecule has 0 amide bonds. The lowest BCUT2D eigenvalue weighted by atomic mass is 9.73. The van der Waals surface area contributed by atoms with Crippen molar-refractivity contribution in [1.82, 2.24) is 0 Å². The van der Waals surface area contributed by atoms with Crippen LogP contribution in [0, 0.1) is 18.8 Å². The summed E-state index contributed by atoms with van der Waals surface area (Å²) < 4.78 is 19.1. The van der Waals surface area contributed by atoms with Gasteiger partial charge >= 0.3 is 0 Å². The van der Waals surface area contributed by atoms with E-state index in [1.54, 1.807) is 7.11 Å². The van der Waals surface area contributed by atoms with E-state index >= 15 is 0 Å². The molecule has 4 atom stereocenters. The molecule has 1 saturated carbocycles. The second kappa shape index (κ2) is 6.35. The van der Waals surface area contributed by atoms with E-state index < -0.39 is 5.79 Å². The van der Waals surface area contributed by atoms with Crippen LogP contribution in [-0.4, -0.2) is 18.5 Å². The third-order valence-corrected chi connectivity index (χ3v) is 7.14. The monoisotopic (exact) mass is 370 g/mol. The van der Waals surface area contributed by atoms with Gasteiger partial charge in [0.15, 0.2) is 5.79 Å². The van der Waals surface area contributed by atoms with Gasteiger partial charge in [-0.15, -0.1) is 0 Å². The fraction of sp³-hybridized carbons (Fsp3) is 0.667. The minimum Gasteiger partial charge on any atom is -0.496 e. The second-order valence-corrected chi connectivity index (χ2v) is 9.43. The van der Waals surface area contributed by atoms with E-state index in [0.717, 1.165) is 25.0 Å². The third kappa shape index (κ3) is 2.94. The van der Waals surface area contributed by atoms with Crippen molar-refractivity contribution < 1.29 is 14.2 Å². The van der Waals surface area contributed by atoms with Crippen molar-refractivity contribution in [2.75, 3.05) is 7.11 Å². The number of hydrogen-bond acceptors (Lipinski definition) is 3. The molecule has 1 aliphatic heterocycles. The molecule has 1 saturated heterocycles. The van der Waals surface area contributed by atoms with Crippen molar-refractivity contribution in [1.29, 1.82) is 0 Å². The highest BCUT2D eigenvalue weighted by Gasteiger charge is 2.56. The Bertz CT molecular complexity index is 765. The van der Waals surface area contributed by atoms with E-state index in [0.29, 0.717) is 11.8 Å². The van der Waals surface area contributed by atoms with Gasteiger partial charge in [0.1, 0.15) is 11.4 Å². The predicted octanol–water partition coefficient (Wildman–Crippen LogP) is 5.98. The van der Waals surface area contributed by atoms with Crippen LogP contribution >= 0.6 is 0 Å². The van der Waals surface area contributed by atoms with E-state index in [1.165, 1.54) is 29.5 Å². The van der Waals surface area contributed by atoms with Crippen LogP contribution in [0.5, 0.6) is 5.75 Å². The largest absolute Gasteiger partial charge is 0.496 e. The van der Waals surface area contributed by atoms with Gasteiger partial charge in [-0.25, -0.2) is 0 Å². The Kier molecular flexibility index (Phi) is 4.47. The summed E-state index contributed by atoms with van der Waals surface area (Å²) in [4.78, 5) is 0. The summed E-state index contributed by atoms with van der Waals surface area (Å²) in [5.74, 6) is 1.49. The fourth-order valence-corrected chi connectivity index (χ4v) is 5.77. The number of ether oxygens (including phenoxy) is 3. The third-order valence-electron chi connectivity index (χ3n) is 7.14. The average Bonchev–Trinajstić information content (AvgIpc) is 3.11.